The number of aromatic nitrogens is 3. The molecule has 8 atom stereocenters. The van der Waals surface area contributed by atoms with Crippen LogP contribution in [0.4, 0.5) is 0 Å². The van der Waals surface area contributed by atoms with Crippen LogP contribution in [0.2, 0.25) is 0 Å². The highest BCUT2D eigenvalue weighted by Gasteiger charge is 2.61. The first kappa shape index (κ1) is 20.7. The number of rotatable bonds is 3. The number of Topliss-reactive ketones (excluding diaryl/α,β-unsaturated/α-hetero) is 1. The lowest BCUT2D eigenvalue weighted by Crippen LogP contribution is -2.55. The van der Waals surface area contributed by atoms with E-state index in [0.717, 1.165) is 36.8 Å². The van der Waals surface area contributed by atoms with Gasteiger partial charge in [-0.1, -0.05) is 19.1 Å². The van der Waals surface area contributed by atoms with Gasteiger partial charge in [0.15, 0.2) is 5.78 Å². The fraction of sp³-hybridized carbons (Fsp3) is 0.880. The first-order valence-corrected chi connectivity index (χ1v) is 12.2. The molecule has 0 bridgehead atoms. The van der Waals surface area contributed by atoms with Crippen LogP contribution in [0.15, 0.2) is 6.20 Å². The van der Waals surface area contributed by atoms with Gasteiger partial charge < -0.3 is 5.11 Å². The summed E-state index contributed by atoms with van der Waals surface area (Å²) in [6.45, 7) is 9.36. The first-order chi connectivity index (χ1) is 14.1. The number of aryl methyl sites for hydroxylation is 1. The molecule has 0 unspecified atom stereocenters. The summed E-state index contributed by atoms with van der Waals surface area (Å²) in [6, 6.07) is 0. The molecule has 5 rings (SSSR count). The Kier molecular flexibility index (Phi) is 4.74. The third-order valence-electron chi connectivity index (χ3n) is 10.5. The van der Waals surface area contributed by atoms with Gasteiger partial charge >= 0.3 is 0 Å². The Morgan fingerprint density at radius 2 is 1.83 bits per heavy atom. The van der Waals surface area contributed by atoms with Crippen molar-refractivity contribution in [3.05, 3.63) is 11.9 Å². The van der Waals surface area contributed by atoms with Gasteiger partial charge in [-0.2, -0.15) is 0 Å². The van der Waals surface area contributed by atoms with Crippen LogP contribution >= 0.6 is 0 Å². The maximum atomic E-state index is 13.3. The maximum absolute atomic E-state index is 13.3. The second-order valence-corrected chi connectivity index (χ2v) is 12.0. The molecule has 1 aromatic rings. The zero-order valence-corrected chi connectivity index (χ0v) is 19.2. The molecule has 1 N–H and O–H groups in total. The Morgan fingerprint density at radius 3 is 2.57 bits per heavy atom. The summed E-state index contributed by atoms with van der Waals surface area (Å²) in [5.74, 6) is 3.42. The molecule has 0 saturated heterocycles. The van der Waals surface area contributed by atoms with Crippen molar-refractivity contribution >= 4 is 5.78 Å². The molecule has 166 valence electrons. The lowest BCUT2D eigenvalue weighted by molar-refractivity contribution is -0.151. The lowest BCUT2D eigenvalue weighted by atomic mass is 9.44. The van der Waals surface area contributed by atoms with Gasteiger partial charge in [-0.3, -0.25) is 4.79 Å². The smallest absolute Gasteiger partial charge is 0.157 e. The van der Waals surface area contributed by atoms with Crippen molar-refractivity contribution in [1.82, 2.24) is 15.0 Å². The number of carbonyl (C=O) groups excluding carboxylic acids is 1. The number of ketones is 1. The van der Waals surface area contributed by atoms with Crippen LogP contribution in [0.25, 0.3) is 0 Å². The van der Waals surface area contributed by atoms with Crippen molar-refractivity contribution in [2.45, 2.75) is 97.6 Å². The highest BCUT2D eigenvalue weighted by Crippen LogP contribution is 2.68. The summed E-state index contributed by atoms with van der Waals surface area (Å²) in [5, 5.41) is 18.8. The van der Waals surface area contributed by atoms with Gasteiger partial charge in [-0.05, 0) is 106 Å². The van der Waals surface area contributed by atoms with Crippen molar-refractivity contribution in [2.75, 3.05) is 0 Å². The molecule has 4 fully saturated rings. The van der Waals surface area contributed by atoms with E-state index in [0.29, 0.717) is 29.6 Å². The van der Waals surface area contributed by atoms with Crippen LogP contribution in [-0.4, -0.2) is 31.5 Å². The largest absolute Gasteiger partial charge is 0.390 e. The van der Waals surface area contributed by atoms with Gasteiger partial charge in [-0.15, -0.1) is 5.10 Å². The summed E-state index contributed by atoms with van der Waals surface area (Å²) < 4.78 is 1.77. The fourth-order valence-electron chi connectivity index (χ4n) is 8.68. The lowest BCUT2D eigenvalue weighted by Gasteiger charge is -2.61. The predicted molar refractivity (Wildman–Crippen MR) is 116 cm³/mol. The third kappa shape index (κ3) is 3.02. The van der Waals surface area contributed by atoms with Crippen LogP contribution in [0.5, 0.6) is 0 Å². The number of fused-ring (bicyclic) bond motifs is 5. The van der Waals surface area contributed by atoms with E-state index in [-0.39, 0.29) is 11.3 Å². The number of carbonyl (C=O) groups is 1. The van der Waals surface area contributed by atoms with Gasteiger partial charge in [-0.25, -0.2) is 4.68 Å². The Morgan fingerprint density at radius 1 is 1.07 bits per heavy atom. The summed E-state index contributed by atoms with van der Waals surface area (Å²) in [6.07, 6.45) is 12.1. The minimum Gasteiger partial charge on any atom is -0.390 e. The minimum atomic E-state index is -0.468. The van der Waals surface area contributed by atoms with Gasteiger partial charge in [0, 0.05) is 5.92 Å². The van der Waals surface area contributed by atoms with Crippen molar-refractivity contribution < 1.29 is 9.90 Å². The Balaban J connectivity index is 1.35. The van der Waals surface area contributed by atoms with E-state index in [9.17, 15) is 9.90 Å². The average molecular weight is 414 g/mol. The zero-order valence-electron chi connectivity index (χ0n) is 19.2. The molecule has 0 aliphatic heterocycles. The van der Waals surface area contributed by atoms with Gasteiger partial charge in [0.1, 0.15) is 6.54 Å². The number of hydrogen-bond donors (Lipinski definition) is 1. The van der Waals surface area contributed by atoms with Crippen LogP contribution in [0.1, 0.15) is 84.3 Å². The number of aliphatic hydroxyl groups is 1. The van der Waals surface area contributed by atoms with Crippen LogP contribution in [0.3, 0.4) is 0 Å². The number of hydrogen-bond acceptors (Lipinski definition) is 4. The molecule has 0 aromatic carbocycles. The molecule has 0 amide bonds. The zero-order chi connectivity index (χ0) is 21.3. The second-order valence-electron chi connectivity index (χ2n) is 12.0. The van der Waals surface area contributed by atoms with Crippen molar-refractivity contribution in [3.63, 3.8) is 0 Å². The van der Waals surface area contributed by atoms with E-state index >= 15 is 0 Å². The van der Waals surface area contributed by atoms with Gasteiger partial charge in [0.25, 0.3) is 0 Å². The monoisotopic (exact) mass is 413 g/mol. The molecule has 4 saturated carbocycles. The van der Waals surface area contributed by atoms with E-state index in [1.807, 2.05) is 13.8 Å². The molecule has 4 aliphatic carbocycles. The molecule has 4 aliphatic rings. The van der Waals surface area contributed by atoms with Crippen molar-refractivity contribution in [2.24, 2.45) is 40.4 Å². The van der Waals surface area contributed by atoms with Gasteiger partial charge in [0.05, 0.1) is 17.5 Å². The molecule has 0 spiro atoms. The molecule has 1 aromatic heterocycles. The molecule has 5 nitrogen and oxygen atoms in total. The van der Waals surface area contributed by atoms with E-state index in [2.05, 4.69) is 24.2 Å². The molecule has 5 heteroatoms. The topological polar surface area (TPSA) is 68.0 Å². The summed E-state index contributed by atoms with van der Waals surface area (Å²) in [5.41, 5.74) is 1.03. The highest BCUT2D eigenvalue weighted by molar-refractivity contribution is 5.82. The third-order valence-corrected chi connectivity index (χ3v) is 10.5. The predicted octanol–water partition coefficient (Wildman–Crippen LogP) is 4.57. The Labute approximate surface area is 181 Å². The van der Waals surface area contributed by atoms with E-state index in [1.165, 1.54) is 38.5 Å². The van der Waals surface area contributed by atoms with Crippen LogP contribution in [0, 0.1) is 47.3 Å². The normalized spacial score (nSPS) is 48.0. The Bertz CT molecular complexity index is 832. The first-order valence-electron chi connectivity index (χ1n) is 12.2. The minimum absolute atomic E-state index is 0.149. The Hall–Kier alpha value is -1.23. The average Bonchev–Trinajstić information content (AvgIpc) is 3.24. The summed E-state index contributed by atoms with van der Waals surface area (Å²) in [7, 11) is 0. The van der Waals surface area contributed by atoms with Crippen LogP contribution in [-0.2, 0) is 11.3 Å². The fourth-order valence-corrected chi connectivity index (χ4v) is 8.68. The van der Waals surface area contributed by atoms with E-state index < -0.39 is 5.60 Å². The van der Waals surface area contributed by atoms with Crippen molar-refractivity contribution in [1.29, 1.82) is 0 Å². The van der Waals surface area contributed by atoms with Gasteiger partial charge in [0.2, 0.25) is 0 Å². The molecule has 1 heterocycles. The molecule has 30 heavy (non-hydrogen) atoms. The molecular formula is C25H39N3O2. The SMILES string of the molecule is Cc1cnnn1CC(=O)[C@H]1CC[C@H]2[C@@H]3CC[C@@H]4C[C@](C)(O)CC[C@]4(C)[C@H]3CC[C@]12C. The maximum Gasteiger partial charge on any atom is 0.157 e. The second kappa shape index (κ2) is 6.88. The van der Waals surface area contributed by atoms with Crippen LogP contribution < -0.4 is 0 Å². The molecule has 0 radical (unpaired) electrons. The number of nitrogens with zero attached hydrogens (tertiary/aromatic N) is 3. The summed E-state index contributed by atoms with van der Waals surface area (Å²) >= 11 is 0. The summed E-state index contributed by atoms with van der Waals surface area (Å²) in [4.78, 5) is 13.3. The van der Waals surface area contributed by atoms with E-state index in [4.69, 9.17) is 0 Å². The van der Waals surface area contributed by atoms with E-state index in [1.54, 1.807) is 10.9 Å². The van der Waals surface area contributed by atoms with Crippen molar-refractivity contribution in [3.8, 4) is 0 Å². The quantitative estimate of drug-likeness (QED) is 0.788. The highest BCUT2D eigenvalue weighted by atomic mass is 16.3. The standard InChI is InChI=1S/C25H39N3O2/c1-16-14-26-27-28(16)15-22(29)21-8-7-19-18-6-5-17-13-23(2,30)11-12-24(17,3)20(18)9-10-25(19,21)4/h14,17-21,30H,5-13,15H2,1-4H3/t17-,18+,19+,20+,21-,23-,24+,25+/m1/s1. The molecular weight excluding hydrogens is 374 g/mol.